The van der Waals surface area contributed by atoms with Gasteiger partial charge < -0.3 is 31.9 Å². The van der Waals surface area contributed by atoms with E-state index >= 15 is 0 Å². The Hall–Kier alpha value is -0.870. The second-order valence-corrected chi connectivity index (χ2v) is 7.89. The van der Waals surface area contributed by atoms with Gasteiger partial charge in [-0.2, -0.15) is 12.6 Å². The Balaban J connectivity index is 5.07. The van der Waals surface area contributed by atoms with Crippen LogP contribution in [0.3, 0.4) is 0 Å². The van der Waals surface area contributed by atoms with Crippen LogP contribution in [0.5, 0.6) is 0 Å². The van der Waals surface area contributed by atoms with E-state index in [0.717, 1.165) is 12.8 Å². The van der Waals surface area contributed by atoms with E-state index < -0.39 is 18.1 Å². The number of aliphatic carboxylic acids is 1. The smallest absolute Gasteiger partial charge is 0.326 e. The molecule has 0 bridgehead atoms. The molecular weight excluding hydrogens is 380 g/mol. The fourth-order valence-electron chi connectivity index (χ4n) is 2.82. The van der Waals surface area contributed by atoms with E-state index in [2.05, 4.69) is 42.4 Å². The summed E-state index contributed by atoms with van der Waals surface area (Å²) in [4.78, 5) is 24.0. The Bertz CT molecular complexity index is 456. The minimum atomic E-state index is -1.15. The van der Waals surface area contributed by atoms with Crippen LogP contribution in [-0.2, 0) is 9.59 Å². The van der Waals surface area contributed by atoms with E-state index in [1.807, 2.05) is 13.8 Å². The summed E-state index contributed by atoms with van der Waals surface area (Å²) in [5, 5.41) is 27.6. The molecule has 0 radical (unpaired) electrons. The average molecular weight is 421 g/mol. The zero-order valence-electron chi connectivity index (χ0n) is 17.6. The number of hydrogen-bond acceptors (Lipinski definition) is 7. The maximum Gasteiger partial charge on any atom is 0.326 e. The van der Waals surface area contributed by atoms with Gasteiger partial charge in [-0.15, -0.1) is 0 Å². The van der Waals surface area contributed by atoms with E-state index in [1.54, 1.807) is 0 Å². The van der Waals surface area contributed by atoms with Crippen LogP contribution in [0.4, 0.5) is 0 Å². The van der Waals surface area contributed by atoms with Gasteiger partial charge in [0, 0.05) is 44.0 Å². The SMILES string of the molecule is CC[C@H](C)[C@H](NC[C@@H](NCC(N)CS)[C@@H](C)CC)C(=O)NC(CCO)C(=O)O. The monoisotopic (exact) mass is 420 g/mol. The summed E-state index contributed by atoms with van der Waals surface area (Å²) < 4.78 is 0. The van der Waals surface area contributed by atoms with Crippen LogP contribution >= 0.6 is 12.6 Å². The Morgan fingerprint density at radius 2 is 1.68 bits per heavy atom. The number of aliphatic hydroxyl groups is 1. The normalized spacial score (nSPS) is 18.0. The van der Waals surface area contributed by atoms with Crippen molar-refractivity contribution in [3.63, 3.8) is 0 Å². The first kappa shape index (κ1) is 27.1. The number of carboxylic acids is 1. The van der Waals surface area contributed by atoms with Gasteiger partial charge in [-0.1, -0.05) is 40.5 Å². The second kappa shape index (κ2) is 15.0. The molecule has 2 unspecified atom stereocenters. The van der Waals surface area contributed by atoms with Crippen LogP contribution in [0.25, 0.3) is 0 Å². The summed E-state index contributed by atoms with van der Waals surface area (Å²) in [6.45, 7) is 9.11. The third-order valence-electron chi connectivity index (χ3n) is 5.29. The second-order valence-electron chi connectivity index (χ2n) is 7.53. The van der Waals surface area contributed by atoms with E-state index in [9.17, 15) is 14.7 Å². The largest absolute Gasteiger partial charge is 0.480 e. The summed E-state index contributed by atoms with van der Waals surface area (Å²) in [7, 11) is 0. The highest BCUT2D eigenvalue weighted by Gasteiger charge is 2.29. The van der Waals surface area contributed by atoms with E-state index in [-0.39, 0.29) is 36.9 Å². The minimum Gasteiger partial charge on any atom is -0.480 e. The quantitative estimate of drug-likeness (QED) is 0.177. The van der Waals surface area contributed by atoms with Crippen molar-refractivity contribution in [2.45, 2.75) is 71.1 Å². The van der Waals surface area contributed by atoms with E-state index in [0.29, 0.717) is 24.8 Å². The molecule has 0 aromatic heterocycles. The van der Waals surface area contributed by atoms with Crippen LogP contribution in [0.1, 0.15) is 47.0 Å². The first-order valence-electron chi connectivity index (χ1n) is 10.2. The molecule has 0 aliphatic rings. The van der Waals surface area contributed by atoms with Gasteiger partial charge >= 0.3 is 5.97 Å². The van der Waals surface area contributed by atoms with Crippen molar-refractivity contribution < 1.29 is 19.8 Å². The lowest BCUT2D eigenvalue weighted by Crippen LogP contribution is -2.56. The molecule has 0 fully saturated rings. The average Bonchev–Trinajstić information content (AvgIpc) is 2.68. The molecule has 6 atom stereocenters. The molecular formula is C19H40N4O4S. The van der Waals surface area contributed by atoms with Gasteiger partial charge in [-0.3, -0.25) is 4.79 Å². The minimum absolute atomic E-state index is 0.0209. The van der Waals surface area contributed by atoms with Gasteiger partial charge in [-0.25, -0.2) is 4.79 Å². The molecule has 0 heterocycles. The molecule has 9 heteroatoms. The lowest BCUT2D eigenvalue weighted by molar-refractivity contribution is -0.142. The Morgan fingerprint density at radius 3 is 2.14 bits per heavy atom. The van der Waals surface area contributed by atoms with Crippen molar-refractivity contribution >= 4 is 24.5 Å². The fourth-order valence-corrected chi connectivity index (χ4v) is 2.95. The number of carbonyl (C=O) groups is 2. The molecule has 28 heavy (non-hydrogen) atoms. The van der Waals surface area contributed by atoms with Crippen LogP contribution in [-0.4, -0.2) is 71.7 Å². The zero-order chi connectivity index (χ0) is 21.7. The van der Waals surface area contributed by atoms with Crippen molar-refractivity contribution in [2.24, 2.45) is 17.6 Å². The fraction of sp³-hybridized carbons (Fsp3) is 0.895. The van der Waals surface area contributed by atoms with Crippen molar-refractivity contribution in [3.8, 4) is 0 Å². The molecule has 8 nitrogen and oxygen atoms in total. The molecule has 0 aromatic carbocycles. The number of hydrogen-bond donors (Lipinski definition) is 7. The summed E-state index contributed by atoms with van der Waals surface area (Å²) in [6, 6.07) is -1.53. The number of aliphatic hydroxyl groups excluding tert-OH is 1. The predicted octanol–water partition coefficient (Wildman–Crippen LogP) is 0.204. The molecule has 0 aromatic rings. The van der Waals surface area contributed by atoms with Crippen molar-refractivity contribution in [2.75, 3.05) is 25.4 Å². The third kappa shape index (κ3) is 10.1. The number of rotatable bonds is 16. The zero-order valence-corrected chi connectivity index (χ0v) is 18.5. The Kier molecular flexibility index (Phi) is 14.6. The lowest BCUT2D eigenvalue weighted by atomic mass is 9.95. The van der Waals surface area contributed by atoms with Gasteiger partial charge in [0.1, 0.15) is 6.04 Å². The first-order chi connectivity index (χ1) is 13.2. The van der Waals surface area contributed by atoms with Crippen molar-refractivity contribution in [1.29, 1.82) is 0 Å². The number of nitrogens with two attached hydrogens (primary N) is 1. The molecule has 0 rings (SSSR count). The molecule has 0 saturated heterocycles. The number of carboxylic acid groups (broad SMARTS) is 1. The topological polar surface area (TPSA) is 137 Å². The Labute approximate surface area is 174 Å². The number of carbonyl (C=O) groups excluding carboxylic acids is 1. The highest BCUT2D eigenvalue weighted by Crippen LogP contribution is 2.12. The van der Waals surface area contributed by atoms with Gasteiger partial charge in [-0.05, 0) is 11.8 Å². The van der Waals surface area contributed by atoms with Gasteiger partial charge in [0.15, 0.2) is 0 Å². The molecule has 0 aliphatic carbocycles. The summed E-state index contributed by atoms with van der Waals surface area (Å²) in [5.41, 5.74) is 5.95. The van der Waals surface area contributed by atoms with Crippen molar-refractivity contribution in [3.05, 3.63) is 0 Å². The first-order valence-corrected chi connectivity index (χ1v) is 10.8. The molecule has 0 aliphatic heterocycles. The predicted molar refractivity (Wildman–Crippen MR) is 116 cm³/mol. The van der Waals surface area contributed by atoms with Gasteiger partial charge in [0.25, 0.3) is 0 Å². The van der Waals surface area contributed by atoms with E-state index in [4.69, 9.17) is 10.8 Å². The maximum atomic E-state index is 12.7. The number of nitrogens with one attached hydrogen (secondary N) is 3. The van der Waals surface area contributed by atoms with Crippen LogP contribution in [0.15, 0.2) is 0 Å². The van der Waals surface area contributed by atoms with Crippen LogP contribution in [0.2, 0.25) is 0 Å². The van der Waals surface area contributed by atoms with Gasteiger partial charge in [0.05, 0.1) is 6.04 Å². The number of thiol groups is 1. The maximum absolute atomic E-state index is 12.7. The highest BCUT2D eigenvalue weighted by molar-refractivity contribution is 7.80. The molecule has 7 N–H and O–H groups in total. The summed E-state index contributed by atoms with van der Waals surface area (Å²) in [6.07, 6.45) is 1.73. The molecule has 0 saturated carbocycles. The molecule has 0 spiro atoms. The summed E-state index contributed by atoms with van der Waals surface area (Å²) in [5.74, 6) is -0.509. The number of amides is 1. The highest BCUT2D eigenvalue weighted by atomic mass is 32.1. The standard InChI is InChI=1S/C19H40N4O4S/c1-5-12(3)16(21-9-14(20)11-28)10-22-17(13(4)6-2)18(25)23-15(7-8-24)19(26)27/h12-17,21-22,24,28H,5-11,20H2,1-4H3,(H,23,25)(H,26,27)/t12-,13-,14?,15?,16+,17-/m0/s1. The molecule has 1 amide bonds. The van der Waals surface area contributed by atoms with Gasteiger partial charge in [0.2, 0.25) is 5.91 Å². The lowest BCUT2D eigenvalue weighted by Gasteiger charge is -2.30. The summed E-state index contributed by atoms with van der Waals surface area (Å²) >= 11 is 4.21. The van der Waals surface area contributed by atoms with Crippen LogP contribution < -0.4 is 21.7 Å². The van der Waals surface area contributed by atoms with E-state index in [1.165, 1.54) is 0 Å². The van der Waals surface area contributed by atoms with Crippen LogP contribution in [0, 0.1) is 11.8 Å². The molecule has 166 valence electrons. The third-order valence-corrected chi connectivity index (χ3v) is 5.76. The van der Waals surface area contributed by atoms with Crippen molar-refractivity contribution in [1.82, 2.24) is 16.0 Å². The Morgan fingerprint density at radius 1 is 1.07 bits per heavy atom.